The van der Waals surface area contributed by atoms with Crippen molar-refractivity contribution in [2.24, 2.45) is 16.5 Å². The van der Waals surface area contributed by atoms with Crippen LogP contribution in [0.15, 0.2) is 47.5 Å². The zero-order chi connectivity index (χ0) is 17.3. The molecule has 0 saturated heterocycles. The van der Waals surface area contributed by atoms with Crippen molar-refractivity contribution in [3.05, 3.63) is 70.0 Å². The number of nitrogens with two attached hydrogens (primary N) is 2. The molecule has 1 aliphatic heterocycles. The second-order valence-corrected chi connectivity index (χ2v) is 5.54. The average molecular weight is 346 g/mol. The lowest BCUT2D eigenvalue weighted by Crippen LogP contribution is -2.24. The summed E-state index contributed by atoms with van der Waals surface area (Å²) >= 11 is 5.80. The third kappa shape index (κ3) is 3.09. The number of fused-ring (bicyclic) bond motifs is 1. The summed E-state index contributed by atoms with van der Waals surface area (Å²) in [6.45, 7) is 0.297. The summed E-state index contributed by atoms with van der Waals surface area (Å²) < 4.78 is 19.8. The first-order chi connectivity index (χ1) is 11.5. The van der Waals surface area contributed by atoms with Gasteiger partial charge in [-0.25, -0.2) is 4.39 Å². The minimum absolute atomic E-state index is 0.271. The fourth-order valence-corrected chi connectivity index (χ4v) is 2.63. The Kier molecular flexibility index (Phi) is 4.22. The molecule has 1 amide bonds. The van der Waals surface area contributed by atoms with E-state index in [9.17, 15) is 9.18 Å². The van der Waals surface area contributed by atoms with Crippen LogP contribution in [0.1, 0.15) is 21.5 Å². The van der Waals surface area contributed by atoms with Gasteiger partial charge in [-0.3, -0.25) is 4.79 Å². The first-order valence-corrected chi connectivity index (χ1v) is 7.40. The Morgan fingerprint density at radius 2 is 1.96 bits per heavy atom. The highest BCUT2D eigenvalue weighted by molar-refractivity contribution is 6.30. The van der Waals surface area contributed by atoms with Crippen LogP contribution in [-0.4, -0.2) is 18.5 Å². The fourth-order valence-electron chi connectivity index (χ4n) is 2.47. The Morgan fingerprint density at radius 3 is 2.67 bits per heavy atom. The smallest absolute Gasteiger partial charge is 0.280 e. The van der Waals surface area contributed by atoms with Crippen LogP contribution < -0.4 is 16.2 Å². The zero-order valence-electron chi connectivity index (χ0n) is 12.4. The number of hydrogen-bond acceptors (Lipinski definition) is 2. The largest absolute Gasteiger partial charge is 0.489 e. The molecule has 1 aliphatic rings. The Balaban J connectivity index is 2.09. The van der Waals surface area contributed by atoms with Gasteiger partial charge in [0.1, 0.15) is 18.2 Å². The van der Waals surface area contributed by atoms with E-state index in [4.69, 9.17) is 27.8 Å². The van der Waals surface area contributed by atoms with Gasteiger partial charge in [0.05, 0.1) is 0 Å². The van der Waals surface area contributed by atoms with E-state index in [1.54, 1.807) is 36.4 Å². The van der Waals surface area contributed by atoms with Crippen molar-refractivity contribution in [3.8, 4) is 5.75 Å². The van der Waals surface area contributed by atoms with E-state index in [0.717, 1.165) is 0 Å². The molecule has 0 saturated carbocycles. The number of rotatable bonds is 2. The third-order valence-corrected chi connectivity index (χ3v) is 3.73. The van der Waals surface area contributed by atoms with Crippen LogP contribution in [0, 0.1) is 5.82 Å². The molecule has 2 aromatic rings. The maximum atomic E-state index is 14.3. The van der Waals surface area contributed by atoms with Gasteiger partial charge in [0, 0.05) is 21.7 Å². The molecular formula is C17H13ClFN3O2. The summed E-state index contributed by atoms with van der Waals surface area (Å²) in [5.41, 5.74) is 12.3. The molecule has 3 rings (SSSR count). The lowest BCUT2D eigenvalue weighted by atomic mass is 9.93. The van der Waals surface area contributed by atoms with E-state index < -0.39 is 11.7 Å². The zero-order valence-corrected chi connectivity index (χ0v) is 13.2. The second-order valence-electron chi connectivity index (χ2n) is 5.11. The molecule has 24 heavy (non-hydrogen) atoms. The quantitative estimate of drug-likeness (QED) is 0.646. The summed E-state index contributed by atoms with van der Waals surface area (Å²) in [4.78, 5) is 15.5. The lowest BCUT2D eigenvalue weighted by molar-refractivity contribution is 0.100. The number of hydrogen-bond donors (Lipinski definition) is 2. The monoisotopic (exact) mass is 345 g/mol. The molecule has 0 fully saturated rings. The molecule has 2 aromatic carbocycles. The van der Waals surface area contributed by atoms with Gasteiger partial charge in [-0.15, -0.1) is 0 Å². The van der Waals surface area contributed by atoms with E-state index in [1.165, 1.54) is 6.07 Å². The number of benzene rings is 2. The van der Waals surface area contributed by atoms with Gasteiger partial charge in [-0.05, 0) is 48.0 Å². The maximum Gasteiger partial charge on any atom is 0.280 e. The summed E-state index contributed by atoms with van der Waals surface area (Å²) in [6, 6.07) is 9.18. The Hall–Kier alpha value is -2.86. The lowest BCUT2D eigenvalue weighted by Gasteiger charge is -2.20. The molecule has 7 heteroatoms. The van der Waals surface area contributed by atoms with Gasteiger partial charge < -0.3 is 16.2 Å². The molecule has 5 nitrogen and oxygen atoms in total. The number of nitrogens with zero attached hydrogens (tertiary/aromatic N) is 1. The second kappa shape index (κ2) is 6.33. The van der Waals surface area contributed by atoms with E-state index in [1.807, 2.05) is 0 Å². The topological polar surface area (TPSA) is 90.7 Å². The molecule has 0 radical (unpaired) electrons. The van der Waals surface area contributed by atoms with E-state index in [2.05, 4.69) is 4.99 Å². The van der Waals surface area contributed by atoms with Gasteiger partial charge in [0.25, 0.3) is 5.91 Å². The maximum absolute atomic E-state index is 14.3. The van der Waals surface area contributed by atoms with Crippen molar-refractivity contribution in [2.75, 3.05) is 6.61 Å². The third-order valence-electron chi connectivity index (χ3n) is 3.49. The van der Waals surface area contributed by atoms with Gasteiger partial charge in [-0.1, -0.05) is 11.6 Å². The van der Waals surface area contributed by atoms with Crippen LogP contribution in [0.3, 0.4) is 0 Å². The molecule has 0 aliphatic carbocycles. The number of carbonyl (C=O) groups is 1. The van der Waals surface area contributed by atoms with Crippen molar-refractivity contribution >= 4 is 29.0 Å². The summed E-state index contributed by atoms with van der Waals surface area (Å²) in [5, 5.41) is 0.306. The minimum Gasteiger partial charge on any atom is -0.489 e. The number of ether oxygens (including phenoxy) is 1. The Labute approximate surface area is 142 Å². The number of guanidine groups is 1. The van der Waals surface area contributed by atoms with Crippen LogP contribution in [0.4, 0.5) is 4.39 Å². The number of halogens is 2. The minimum atomic E-state index is -0.584. The van der Waals surface area contributed by atoms with Gasteiger partial charge in [0.2, 0.25) is 0 Å². The Morgan fingerprint density at radius 1 is 1.17 bits per heavy atom. The fraction of sp³-hybridized carbons (Fsp3) is 0.0588. The van der Waals surface area contributed by atoms with Gasteiger partial charge >= 0.3 is 0 Å². The summed E-state index contributed by atoms with van der Waals surface area (Å²) in [5.74, 6) is -0.821. The highest BCUT2D eigenvalue weighted by Crippen LogP contribution is 2.36. The molecule has 0 bridgehead atoms. The predicted octanol–water partition coefficient (Wildman–Crippen LogP) is 2.72. The average Bonchev–Trinajstić information content (AvgIpc) is 2.53. The first-order valence-electron chi connectivity index (χ1n) is 7.02. The van der Waals surface area contributed by atoms with Gasteiger partial charge in [0.15, 0.2) is 5.96 Å². The standard InChI is InChI=1S/C17H13ClFN3O2/c18-10-2-3-12(14(19)8-10)11-5-6-24-15-4-1-9(7-13(11)15)16(23)22-17(20)21/h1-5,7-8H,6H2,(H4,20,21,22,23). The molecule has 0 unspecified atom stereocenters. The van der Waals surface area contributed by atoms with Crippen LogP contribution in [0.25, 0.3) is 5.57 Å². The van der Waals surface area contributed by atoms with Crippen LogP contribution in [0.2, 0.25) is 5.02 Å². The van der Waals surface area contributed by atoms with Crippen molar-refractivity contribution in [3.63, 3.8) is 0 Å². The Bertz CT molecular complexity index is 889. The summed E-state index contributed by atoms with van der Waals surface area (Å²) in [6.07, 6.45) is 1.74. The first kappa shape index (κ1) is 16.0. The molecular weight excluding hydrogens is 333 g/mol. The van der Waals surface area contributed by atoms with Crippen LogP contribution >= 0.6 is 11.6 Å². The van der Waals surface area contributed by atoms with Crippen LogP contribution in [0.5, 0.6) is 5.75 Å². The van der Waals surface area contributed by atoms with Crippen molar-refractivity contribution in [1.29, 1.82) is 0 Å². The van der Waals surface area contributed by atoms with Crippen molar-refractivity contribution in [1.82, 2.24) is 0 Å². The highest BCUT2D eigenvalue weighted by atomic mass is 35.5. The van der Waals surface area contributed by atoms with Crippen LogP contribution in [-0.2, 0) is 0 Å². The molecule has 0 aromatic heterocycles. The predicted molar refractivity (Wildman–Crippen MR) is 90.6 cm³/mol. The molecule has 0 atom stereocenters. The number of amides is 1. The SMILES string of the molecule is NC(N)=NC(=O)c1ccc2c(c1)C(c1ccc(Cl)cc1F)=CCO2. The molecule has 122 valence electrons. The van der Waals surface area contributed by atoms with Crippen molar-refractivity contribution < 1.29 is 13.9 Å². The normalized spacial score (nSPS) is 12.7. The van der Waals surface area contributed by atoms with E-state index >= 15 is 0 Å². The molecule has 1 heterocycles. The number of aliphatic imine (C=N–C) groups is 1. The van der Waals surface area contributed by atoms with Gasteiger partial charge in [-0.2, -0.15) is 4.99 Å². The van der Waals surface area contributed by atoms with E-state index in [0.29, 0.717) is 34.1 Å². The van der Waals surface area contributed by atoms with E-state index in [-0.39, 0.29) is 11.5 Å². The van der Waals surface area contributed by atoms with Crippen molar-refractivity contribution in [2.45, 2.75) is 0 Å². The highest BCUT2D eigenvalue weighted by Gasteiger charge is 2.20. The molecule has 4 N–H and O–H groups in total. The summed E-state index contributed by atoms with van der Waals surface area (Å²) in [7, 11) is 0. The molecule has 0 spiro atoms. The number of carbonyl (C=O) groups excluding carboxylic acids is 1.